The molecule has 1 atom stereocenters. The van der Waals surface area contributed by atoms with Gasteiger partial charge in [-0.25, -0.2) is 0 Å². The van der Waals surface area contributed by atoms with Crippen LogP contribution >= 0.6 is 0 Å². The van der Waals surface area contributed by atoms with Gasteiger partial charge in [0, 0.05) is 6.04 Å². The molecule has 3 nitrogen and oxygen atoms in total. The summed E-state index contributed by atoms with van der Waals surface area (Å²) in [4.78, 5) is 0. The molecule has 0 radical (unpaired) electrons. The minimum atomic E-state index is 0.0154. The van der Waals surface area contributed by atoms with Crippen molar-refractivity contribution in [1.29, 1.82) is 0 Å². The van der Waals surface area contributed by atoms with Gasteiger partial charge in [0.15, 0.2) is 0 Å². The lowest BCUT2D eigenvalue weighted by atomic mass is 9.82. The summed E-state index contributed by atoms with van der Waals surface area (Å²) in [7, 11) is 0. The van der Waals surface area contributed by atoms with E-state index in [4.69, 9.17) is 5.73 Å². The molecular weight excluding hydrogens is 186 g/mol. The minimum absolute atomic E-state index is 0.0154. The first-order valence-electron chi connectivity index (χ1n) is 5.45. The van der Waals surface area contributed by atoms with E-state index < -0.39 is 0 Å². The highest BCUT2D eigenvalue weighted by Gasteiger charge is 2.24. The van der Waals surface area contributed by atoms with Crippen molar-refractivity contribution < 1.29 is 0 Å². The van der Waals surface area contributed by atoms with E-state index in [0.717, 1.165) is 23.4 Å². The zero-order chi connectivity index (χ0) is 11.6. The second-order valence-electron chi connectivity index (χ2n) is 5.09. The maximum Gasteiger partial charge on any atom is 0.0676 e. The van der Waals surface area contributed by atoms with Crippen LogP contribution in [0.1, 0.15) is 50.7 Å². The summed E-state index contributed by atoms with van der Waals surface area (Å²) in [5.74, 6) is 0. The maximum atomic E-state index is 6.25. The second kappa shape index (κ2) is 4.27. The molecule has 0 aliphatic rings. The Morgan fingerprint density at radius 3 is 2.40 bits per heavy atom. The molecule has 0 amide bonds. The molecule has 0 saturated carbocycles. The van der Waals surface area contributed by atoms with Gasteiger partial charge in [0.1, 0.15) is 0 Å². The molecule has 1 heterocycles. The molecule has 0 spiro atoms. The summed E-state index contributed by atoms with van der Waals surface area (Å²) in [5, 5.41) is 8.27. The fraction of sp³-hybridized carbons (Fsp3) is 0.667. The first-order valence-corrected chi connectivity index (χ1v) is 5.45. The Balaban J connectivity index is 3.17. The molecule has 3 heteroatoms. The van der Waals surface area contributed by atoms with E-state index >= 15 is 0 Å². The van der Waals surface area contributed by atoms with Gasteiger partial charge in [0.2, 0.25) is 0 Å². The van der Waals surface area contributed by atoms with Crippen molar-refractivity contribution in [1.82, 2.24) is 10.2 Å². The average Bonchev–Trinajstić information content (AvgIpc) is 2.15. The monoisotopic (exact) mass is 207 g/mol. The third kappa shape index (κ3) is 2.75. The van der Waals surface area contributed by atoms with E-state index in [9.17, 15) is 0 Å². The van der Waals surface area contributed by atoms with Crippen LogP contribution in [0.3, 0.4) is 0 Å². The summed E-state index contributed by atoms with van der Waals surface area (Å²) in [5.41, 5.74) is 9.39. The lowest BCUT2D eigenvalue weighted by molar-refractivity contribution is 0.324. The van der Waals surface area contributed by atoms with Crippen molar-refractivity contribution in [3.63, 3.8) is 0 Å². The van der Waals surface area contributed by atoms with Gasteiger partial charge >= 0.3 is 0 Å². The molecule has 0 fully saturated rings. The van der Waals surface area contributed by atoms with Gasteiger partial charge in [-0.15, -0.1) is 0 Å². The molecule has 0 aromatic carbocycles. The van der Waals surface area contributed by atoms with Crippen molar-refractivity contribution in [2.24, 2.45) is 11.1 Å². The Morgan fingerprint density at radius 2 is 1.93 bits per heavy atom. The zero-order valence-electron chi connectivity index (χ0n) is 10.3. The Kier molecular flexibility index (Phi) is 3.45. The zero-order valence-corrected chi connectivity index (χ0v) is 10.3. The lowest BCUT2D eigenvalue weighted by Crippen LogP contribution is -2.28. The molecule has 1 aromatic rings. The fourth-order valence-electron chi connectivity index (χ4n) is 1.54. The predicted molar refractivity (Wildman–Crippen MR) is 62.5 cm³/mol. The summed E-state index contributed by atoms with van der Waals surface area (Å²) in [6.45, 7) is 10.5. The molecule has 1 aromatic heterocycles. The van der Waals surface area contributed by atoms with Crippen LogP contribution in [0.5, 0.6) is 0 Å². The fourth-order valence-corrected chi connectivity index (χ4v) is 1.54. The molecule has 1 rings (SSSR count). The highest BCUT2D eigenvalue weighted by atomic mass is 15.1. The van der Waals surface area contributed by atoms with Crippen molar-refractivity contribution in [3.05, 3.63) is 23.0 Å². The molecule has 2 N–H and O–H groups in total. The van der Waals surface area contributed by atoms with E-state index in [0.29, 0.717) is 0 Å². The van der Waals surface area contributed by atoms with E-state index in [2.05, 4.69) is 44.0 Å². The van der Waals surface area contributed by atoms with Crippen molar-refractivity contribution in [3.8, 4) is 0 Å². The van der Waals surface area contributed by atoms with Crippen LogP contribution in [-0.4, -0.2) is 10.2 Å². The highest BCUT2D eigenvalue weighted by Crippen LogP contribution is 2.31. The summed E-state index contributed by atoms with van der Waals surface area (Å²) in [6, 6.07) is 2.07. The standard InChI is InChI=1S/C12H21N3/c1-6-10-9(7-8(2)14-15-10)11(13)12(3,4)5/h7,11H,6,13H2,1-5H3. The number of aromatic nitrogens is 2. The van der Waals surface area contributed by atoms with Crippen LogP contribution in [0.15, 0.2) is 6.07 Å². The van der Waals surface area contributed by atoms with Crippen molar-refractivity contribution >= 4 is 0 Å². The third-order valence-electron chi connectivity index (χ3n) is 2.63. The molecule has 0 bridgehead atoms. The van der Waals surface area contributed by atoms with Crippen LogP contribution < -0.4 is 5.73 Å². The molecular formula is C12H21N3. The summed E-state index contributed by atoms with van der Waals surface area (Å²) in [6.07, 6.45) is 0.881. The molecule has 1 unspecified atom stereocenters. The van der Waals surface area contributed by atoms with E-state index in [1.165, 1.54) is 0 Å². The third-order valence-corrected chi connectivity index (χ3v) is 2.63. The molecule has 0 aliphatic heterocycles. The quantitative estimate of drug-likeness (QED) is 0.810. The van der Waals surface area contributed by atoms with E-state index in [1.807, 2.05) is 6.92 Å². The Morgan fingerprint density at radius 1 is 1.33 bits per heavy atom. The number of nitrogens with zero attached hydrogens (tertiary/aromatic N) is 2. The van der Waals surface area contributed by atoms with Gasteiger partial charge in [-0.2, -0.15) is 10.2 Å². The average molecular weight is 207 g/mol. The number of hydrogen-bond acceptors (Lipinski definition) is 3. The number of aryl methyl sites for hydroxylation is 2. The SMILES string of the molecule is CCc1nnc(C)cc1C(N)C(C)(C)C. The minimum Gasteiger partial charge on any atom is -0.323 e. The molecule has 0 saturated heterocycles. The highest BCUT2D eigenvalue weighted by molar-refractivity contribution is 5.25. The van der Waals surface area contributed by atoms with Crippen LogP contribution in [0.4, 0.5) is 0 Å². The molecule has 0 aliphatic carbocycles. The molecule has 84 valence electrons. The topological polar surface area (TPSA) is 51.8 Å². The Hall–Kier alpha value is -0.960. The number of hydrogen-bond donors (Lipinski definition) is 1. The maximum absolute atomic E-state index is 6.25. The summed E-state index contributed by atoms with van der Waals surface area (Å²) < 4.78 is 0. The van der Waals surface area contributed by atoms with Gasteiger partial charge < -0.3 is 5.73 Å². The van der Waals surface area contributed by atoms with Crippen LogP contribution in [0, 0.1) is 12.3 Å². The van der Waals surface area contributed by atoms with Crippen LogP contribution in [0.25, 0.3) is 0 Å². The smallest absolute Gasteiger partial charge is 0.0676 e. The lowest BCUT2D eigenvalue weighted by Gasteiger charge is -2.28. The second-order valence-corrected chi connectivity index (χ2v) is 5.09. The first kappa shape index (κ1) is 12.1. The Labute approximate surface area is 92.1 Å². The van der Waals surface area contributed by atoms with Crippen LogP contribution in [0.2, 0.25) is 0 Å². The first-order chi connectivity index (χ1) is 6.86. The van der Waals surface area contributed by atoms with Crippen molar-refractivity contribution in [2.75, 3.05) is 0 Å². The number of nitrogens with two attached hydrogens (primary N) is 1. The van der Waals surface area contributed by atoms with Gasteiger partial charge in [-0.1, -0.05) is 27.7 Å². The van der Waals surface area contributed by atoms with Crippen molar-refractivity contribution in [2.45, 2.75) is 47.1 Å². The van der Waals surface area contributed by atoms with Gasteiger partial charge in [0.25, 0.3) is 0 Å². The van der Waals surface area contributed by atoms with Gasteiger partial charge in [-0.3, -0.25) is 0 Å². The molecule has 15 heavy (non-hydrogen) atoms. The summed E-state index contributed by atoms with van der Waals surface area (Å²) >= 11 is 0. The van der Waals surface area contributed by atoms with Gasteiger partial charge in [-0.05, 0) is 30.4 Å². The van der Waals surface area contributed by atoms with Crippen LogP contribution in [-0.2, 0) is 6.42 Å². The van der Waals surface area contributed by atoms with E-state index in [-0.39, 0.29) is 11.5 Å². The predicted octanol–water partition coefficient (Wildman–Crippen LogP) is 2.39. The number of rotatable bonds is 2. The van der Waals surface area contributed by atoms with E-state index in [1.54, 1.807) is 0 Å². The normalized spacial score (nSPS) is 14.0. The van der Waals surface area contributed by atoms with Gasteiger partial charge in [0.05, 0.1) is 11.4 Å². The largest absolute Gasteiger partial charge is 0.323 e. The Bertz CT molecular complexity index is 339.